The average molecular weight is 365 g/mol. The summed E-state index contributed by atoms with van der Waals surface area (Å²) in [5, 5.41) is 3.28. The van der Waals surface area contributed by atoms with Crippen molar-refractivity contribution in [1.82, 2.24) is 0 Å². The van der Waals surface area contributed by atoms with E-state index in [4.69, 9.17) is 4.74 Å². The normalized spacial score (nSPS) is 10.6. The molecule has 0 aliphatic carbocycles. The summed E-state index contributed by atoms with van der Waals surface area (Å²) < 4.78 is 5.14. The van der Waals surface area contributed by atoms with E-state index in [-0.39, 0.29) is 5.97 Å². The molecule has 0 aliphatic heterocycles. The van der Waals surface area contributed by atoms with Crippen molar-refractivity contribution in [1.29, 1.82) is 0 Å². The van der Waals surface area contributed by atoms with Crippen LogP contribution in [0.1, 0.15) is 6.42 Å². The summed E-state index contributed by atoms with van der Waals surface area (Å²) in [6.45, 7) is 0.438. The van der Waals surface area contributed by atoms with Crippen molar-refractivity contribution >= 4 is 40.4 Å². The number of carbonyl (C=O) groups excluding carboxylic acids is 1. The molecule has 21 heavy (non-hydrogen) atoms. The molecule has 2 aromatic carbocycles. The van der Waals surface area contributed by atoms with E-state index in [9.17, 15) is 4.79 Å². The van der Waals surface area contributed by atoms with Crippen molar-refractivity contribution in [3.05, 3.63) is 60.7 Å². The third-order valence-corrected chi connectivity index (χ3v) is 5.85. The number of carbonyl (C=O) groups is 1. The Balaban J connectivity index is 2.09. The Labute approximate surface area is 135 Å². The largest absolute Gasteiger partial charge is 0.465 e. The number of alkyl halides is 1. The fraction of sp³-hybridized carbons (Fsp3) is 0.235. The van der Waals surface area contributed by atoms with Gasteiger partial charge in [0.25, 0.3) is 0 Å². The molecular formula is C17H18BrO2P. The molecule has 0 saturated heterocycles. The molecule has 2 nitrogen and oxygen atoms in total. The molecule has 110 valence electrons. The predicted octanol–water partition coefficient (Wildman–Crippen LogP) is 3.45. The summed E-state index contributed by atoms with van der Waals surface area (Å²) in [4.78, 5) is 11.7. The predicted molar refractivity (Wildman–Crippen MR) is 93.3 cm³/mol. The van der Waals surface area contributed by atoms with Crippen LogP contribution in [0.3, 0.4) is 0 Å². The van der Waals surface area contributed by atoms with Gasteiger partial charge < -0.3 is 4.74 Å². The first-order chi connectivity index (χ1) is 10.3. The molecule has 0 N–H and O–H groups in total. The van der Waals surface area contributed by atoms with Gasteiger partial charge in [-0.3, -0.25) is 4.79 Å². The fourth-order valence-electron chi connectivity index (χ4n) is 2.05. The van der Waals surface area contributed by atoms with Gasteiger partial charge in [-0.25, -0.2) is 0 Å². The van der Waals surface area contributed by atoms with Crippen LogP contribution in [-0.4, -0.2) is 24.1 Å². The smallest absolute Gasteiger partial charge is 0.306 e. The highest BCUT2D eigenvalue weighted by Gasteiger charge is 2.15. The zero-order valence-corrected chi connectivity index (χ0v) is 14.2. The van der Waals surface area contributed by atoms with Crippen LogP contribution >= 0.6 is 23.9 Å². The van der Waals surface area contributed by atoms with E-state index in [0.717, 1.165) is 6.16 Å². The third-order valence-electron chi connectivity index (χ3n) is 3.02. The number of esters is 1. The minimum absolute atomic E-state index is 0.117. The summed E-state index contributed by atoms with van der Waals surface area (Å²) >= 11 is 3.26. The topological polar surface area (TPSA) is 26.3 Å². The first-order valence-corrected chi connectivity index (χ1v) is 9.55. The SMILES string of the molecule is O=C(CCP(c1ccccc1)c1ccccc1)OCCBr. The van der Waals surface area contributed by atoms with Crippen LogP contribution in [0.4, 0.5) is 0 Å². The van der Waals surface area contributed by atoms with Gasteiger partial charge in [0.1, 0.15) is 6.61 Å². The molecule has 2 rings (SSSR count). The fourth-order valence-corrected chi connectivity index (χ4v) is 4.50. The van der Waals surface area contributed by atoms with Crippen LogP contribution in [0.25, 0.3) is 0 Å². The van der Waals surface area contributed by atoms with E-state index >= 15 is 0 Å². The Kier molecular flexibility index (Phi) is 6.91. The minimum Gasteiger partial charge on any atom is -0.465 e. The number of ether oxygens (including phenoxy) is 1. The van der Waals surface area contributed by atoms with Crippen molar-refractivity contribution in [2.75, 3.05) is 18.1 Å². The van der Waals surface area contributed by atoms with Gasteiger partial charge in [0.05, 0.1) is 6.42 Å². The second-order valence-electron chi connectivity index (χ2n) is 4.48. The highest BCUT2D eigenvalue weighted by atomic mass is 79.9. The van der Waals surface area contributed by atoms with Crippen LogP contribution in [0.2, 0.25) is 0 Å². The van der Waals surface area contributed by atoms with Crippen LogP contribution in [0.5, 0.6) is 0 Å². The van der Waals surface area contributed by atoms with Crippen molar-refractivity contribution in [2.24, 2.45) is 0 Å². The molecule has 0 radical (unpaired) electrons. The lowest BCUT2D eigenvalue weighted by Gasteiger charge is -2.18. The van der Waals surface area contributed by atoms with Gasteiger partial charge in [-0.05, 0) is 24.7 Å². The molecule has 0 aromatic heterocycles. The van der Waals surface area contributed by atoms with Crippen molar-refractivity contribution < 1.29 is 9.53 Å². The molecule has 0 unspecified atom stereocenters. The Bertz CT molecular complexity index is 506. The summed E-state index contributed by atoms with van der Waals surface area (Å²) in [6.07, 6.45) is 1.28. The van der Waals surface area contributed by atoms with Crippen LogP contribution in [0.15, 0.2) is 60.7 Å². The van der Waals surface area contributed by atoms with Crippen LogP contribution in [0, 0.1) is 0 Å². The number of rotatable bonds is 7. The summed E-state index contributed by atoms with van der Waals surface area (Å²) in [5.41, 5.74) is 0. The van der Waals surface area contributed by atoms with Gasteiger partial charge in [-0.15, -0.1) is 0 Å². The van der Waals surface area contributed by atoms with Crippen molar-refractivity contribution in [3.63, 3.8) is 0 Å². The van der Waals surface area contributed by atoms with E-state index in [1.807, 2.05) is 12.1 Å². The standard InChI is InChI=1S/C17H18BrO2P/c18-12-13-20-17(19)11-14-21(15-7-3-1-4-8-15)16-9-5-2-6-10-16/h1-10H,11-14H2. The van der Waals surface area contributed by atoms with Gasteiger partial charge in [0, 0.05) is 5.33 Å². The van der Waals surface area contributed by atoms with Crippen LogP contribution < -0.4 is 10.6 Å². The summed E-state index contributed by atoms with van der Waals surface area (Å²) in [5.74, 6) is -0.117. The highest BCUT2D eigenvalue weighted by molar-refractivity contribution is 9.09. The molecule has 2 aromatic rings. The molecule has 0 amide bonds. The second-order valence-corrected chi connectivity index (χ2v) is 7.61. The van der Waals surface area contributed by atoms with Gasteiger partial charge >= 0.3 is 5.97 Å². The quantitative estimate of drug-likeness (QED) is 0.427. The van der Waals surface area contributed by atoms with E-state index in [0.29, 0.717) is 18.4 Å². The minimum atomic E-state index is -0.511. The number of benzene rings is 2. The zero-order chi connectivity index (χ0) is 14.9. The Morgan fingerprint density at radius 2 is 1.48 bits per heavy atom. The molecular weight excluding hydrogens is 347 g/mol. The lowest BCUT2D eigenvalue weighted by atomic mass is 10.4. The molecule has 0 fully saturated rings. The molecule has 0 spiro atoms. The first-order valence-electron chi connectivity index (χ1n) is 6.90. The molecule has 0 bridgehead atoms. The maximum Gasteiger partial charge on any atom is 0.306 e. The number of halogens is 1. The second kappa shape index (κ2) is 8.96. The zero-order valence-electron chi connectivity index (χ0n) is 11.7. The first kappa shape index (κ1) is 16.2. The molecule has 0 heterocycles. The Morgan fingerprint density at radius 1 is 0.952 bits per heavy atom. The van der Waals surface area contributed by atoms with Crippen molar-refractivity contribution in [3.8, 4) is 0 Å². The van der Waals surface area contributed by atoms with E-state index in [1.165, 1.54) is 10.6 Å². The molecule has 0 atom stereocenters. The average Bonchev–Trinajstić information content (AvgIpc) is 2.55. The van der Waals surface area contributed by atoms with Gasteiger partial charge in [0.15, 0.2) is 0 Å². The van der Waals surface area contributed by atoms with E-state index in [1.54, 1.807) is 0 Å². The monoisotopic (exact) mass is 364 g/mol. The number of hydrogen-bond donors (Lipinski definition) is 0. The van der Waals surface area contributed by atoms with Gasteiger partial charge in [-0.2, -0.15) is 0 Å². The maximum absolute atomic E-state index is 11.7. The molecule has 0 saturated carbocycles. The number of hydrogen-bond acceptors (Lipinski definition) is 2. The molecule has 4 heteroatoms. The van der Waals surface area contributed by atoms with Gasteiger partial charge in [0.2, 0.25) is 0 Å². The Hall–Kier alpha value is -1.18. The summed E-state index contributed by atoms with van der Waals surface area (Å²) in [7, 11) is -0.511. The lowest BCUT2D eigenvalue weighted by molar-refractivity contribution is -0.142. The highest BCUT2D eigenvalue weighted by Crippen LogP contribution is 2.34. The lowest BCUT2D eigenvalue weighted by Crippen LogP contribution is -2.16. The van der Waals surface area contributed by atoms with E-state index in [2.05, 4.69) is 64.5 Å². The van der Waals surface area contributed by atoms with Crippen LogP contribution in [-0.2, 0) is 9.53 Å². The van der Waals surface area contributed by atoms with E-state index < -0.39 is 7.92 Å². The summed E-state index contributed by atoms with van der Waals surface area (Å²) in [6, 6.07) is 20.8. The van der Waals surface area contributed by atoms with Gasteiger partial charge in [-0.1, -0.05) is 76.6 Å². The third kappa shape index (κ3) is 5.26. The maximum atomic E-state index is 11.7. The molecule has 0 aliphatic rings. The Morgan fingerprint density at radius 3 is 1.95 bits per heavy atom. The van der Waals surface area contributed by atoms with Crippen molar-refractivity contribution in [2.45, 2.75) is 6.42 Å².